The zero-order valence-corrected chi connectivity index (χ0v) is 10.4. The monoisotopic (exact) mass is 161 g/mol. The van der Waals surface area contributed by atoms with Crippen molar-refractivity contribution < 1.29 is 0 Å². The molecule has 0 atom stereocenters. The molecule has 0 rings (SSSR count). The molecular formula is C6H19NSi2. The minimum atomic E-state index is 0.450. The molecule has 0 amide bonds. The van der Waals surface area contributed by atoms with Gasteiger partial charge in [-0.15, -0.1) is 0 Å². The van der Waals surface area contributed by atoms with Gasteiger partial charge in [-0.05, 0) is 29.4 Å². The van der Waals surface area contributed by atoms with E-state index in [1.807, 2.05) is 0 Å². The third kappa shape index (κ3) is 4.87. The summed E-state index contributed by atoms with van der Waals surface area (Å²) in [6.07, 6.45) is 0. The van der Waals surface area contributed by atoms with E-state index >= 15 is 0 Å². The third-order valence-corrected chi connectivity index (χ3v) is 4.87. The van der Waals surface area contributed by atoms with Crippen molar-refractivity contribution in [1.82, 2.24) is 4.90 Å². The lowest BCUT2D eigenvalue weighted by Crippen LogP contribution is -2.24. The highest BCUT2D eigenvalue weighted by molar-refractivity contribution is 6.89. The van der Waals surface area contributed by atoms with Gasteiger partial charge in [-0.3, -0.25) is 0 Å². The van der Waals surface area contributed by atoms with E-state index in [0.717, 1.165) is 0 Å². The predicted molar refractivity (Wildman–Crippen MR) is 51.1 cm³/mol. The molecule has 0 spiro atoms. The Morgan fingerprint density at radius 2 is 1.89 bits per heavy atom. The lowest BCUT2D eigenvalue weighted by Gasteiger charge is -2.16. The Labute approximate surface area is 63.9 Å². The molecule has 0 aromatic carbocycles. The summed E-state index contributed by atoms with van der Waals surface area (Å²) in [5, 5.41) is 0. The number of hydrogen-bond acceptors (Lipinski definition) is 1. The Bertz CT molecular complexity index is 55.0. The summed E-state index contributed by atoms with van der Waals surface area (Å²) in [5.41, 5.74) is 0. The number of rotatable bonds is 5. The number of nitrogens with zero attached hydrogens (tertiary/aromatic N) is 1. The van der Waals surface area contributed by atoms with Gasteiger partial charge in [0.05, 0.1) is 0 Å². The van der Waals surface area contributed by atoms with Crippen LogP contribution in [0, 0.1) is 0 Å². The van der Waals surface area contributed by atoms with E-state index in [2.05, 4.69) is 18.7 Å². The molecule has 0 unspecified atom stereocenters. The largest absolute Gasteiger partial charge is 0.304 e. The molecule has 56 valence electrons. The van der Waals surface area contributed by atoms with Gasteiger partial charge in [0.1, 0.15) is 0 Å². The van der Waals surface area contributed by atoms with Gasteiger partial charge in [0.25, 0.3) is 0 Å². The maximum absolute atomic E-state index is 2.52. The van der Waals surface area contributed by atoms with Crippen LogP contribution in [-0.4, -0.2) is 43.3 Å². The molecule has 0 fully saturated rings. The minimum Gasteiger partial charge on any atom is -0.304 e. The third-order valence-electron chi connectivity index (χ3n) is 1.72. The maximum Gasteiger partial charge on any atom is 0.00573 e. The van der Waals surface area contributed by atoms with Gasteiger partial charge < -0.3 is 4.90 Å². The van der Waals surface area contributed by atoms with Gasteiger partial charge in [0.15, 0.2) is 0 Å². The Kier molecular flexibility index (Phi) is 6.80. The first-order valence-electron chi connectivity index (χ1n) is 4.07. The van der Waals surface area contributed by atoms with Crippen molar-refractivity contribution in [2.45, 2.75) is 19.9 Å². The second-order valence-corrected chi connectivity index (χ2v) is 7.09. The molecule has 0 aliphatic carbocycles. The van der Waals surface area contributed by atoms with Gasteiger partial charge in [-0.25, -0.2) is 0 Å². The summed E-state index contributed by atoms with van der Waals surface area (Å²) in [7, 11) is 1.96. The SMILES string of the molecule is CCN(CC)CC[SiH2][SiH3]. The molecule has 0 radical (unpaired) electrons. The fourth-order valence-corrected chi connectivity index (χ4v) is 2.63. The lowest BCUT2D eigenvalue weighted by molar-refractivity contribution is 0.321. The van der Waals surface area contributed by atoms with Gasteiger partial charge in [0, 0.05) is 9.04 Å². The zero-order chi connectivity index (χ0) is 7.11. The summed E-state index contributed by atoms with van der Waals surface area (Å²) >= 11 is 0. The van der Waals surface area contributed by atoms with Crippen LogP contribution in [-0.2, 0) is 0 Å². The molecule has 0 N–H and O–H groups in total. The van der Waals surface area contributed by atoms with Crippen molar-refractivity contribution in [2.24, 2.45) is 0 Å². The molecule has 0 aliphatic heterocycles. The molecule has 0 saturated carbocycles. The summed E-state index contributed by atoms with van der Waals surface area (Å²) < 4.78 is 0. The second kappa shape index (κ2) is 6.51. The normalized spacial score (nSPS) is 12.3. The first kappa shape index (κ1) is 9.39. The molecule has 9 heavy (non-hydrogen) atoms. The summed E-state index contributed by atoms with van der Waals surface area (Å²) in [5.74, 6) is 0. The van der Waals surface area contributed by atoms with Crippen molar-refractivity contribution in [3.8, 4) is 0 Å². The highest BCUT2D eigenvalue weighted by Crippen LogP contribution is 1.88. The summed E-state index contributed by atoms with van der Waals surface area (Å²) in [6.45, 7) is 8.36. The van der Waals surface area contributed by atoms with E-state index in [-0.39, 0.29) is 0 Å². The highest BCUT2D eigenvalue weighted by atomic mass is 29.1. The van der Waals surface area contributed by atoms with Crippen molar-refractivity contribution in [1.29, 1.82) is 0 Å². The molecular weight excluding hydrogens is 142 g/mol. The van der Waals surface area contributed by atoms with Crippen LogP contribution < -0.4 is 0 Å². The number of hydrogen-bond donors (Lipinski definition) is 0. The van der Waals surface area contributed by atoms with E-state index in [0.29, 0.717) is 9.04 Å². The molecule has 0 saturated heterocycles. The van der Waals surface area contributed by atoms with Crippen LogP contribution in [0.4, 0.5) is 0 Å². The van der Waals surface area contributed by atoms with Crippen molar-refractivity contribution in [3.63, 3.8) is 0 Å². The molecule has 1 nitrogen and oxygen atoms in total. The van der Waals surface area contributed by atoms with Crippen LogP contribution in [0.15, 0.2) is 0 Å². The van der Waals surface area contributed by atoms with E-state index in [1.54, 1.807) is 6.04 Å². The Morgan fingerprint density at radius 1 is 1.33 bits per heavy atom. The fraction of sp³-hybridized carbons (Fsp3) is 1.00. The molecule has 0 aromatic heterocycles. The summed E-state index contributed by atoms with van der Waals surface area (Å²) in [4.78, 5) is 2.52. The highest BCUT2D eigenvalue weighted by Gasteiger charge is 1.94. The van der Waals surface area contributed by atoms with Crippen molar-refractivity contribution in [3.05, 3.63) is 0 Å². The topological polar surface area (TPSA) is 3.24 Å². The first-order valence-corrected chi connectivity index (χ1v) is 10.7. The first-order chi connectivity index (χ1) is 4.35. The average Bonchev–Trinajstić information content (AvgIpc) is 1.91. The van der Waals surface area contributed by atoms with Gasteiger partial charge in [-0.1, -0.05) is 19.9 Å². The Hall–Kier alpha value is 0.394. The molecule has 3 heteroatoms. The standard InChI is InChI=1S/C6H19NSi2/c1-3-7(4-2)5-6-9-8/h3-6,9H2,1-2,8H3. The quantitative estimate of drug-likeness (QED) is 0.477. The van der Waals surface area contributed by atoms with Crippen LogP contribution >= 0.6 is 0 Å². The van der Waals surface area contributed by atoms with E-state index < -0.39 is 0 Å². The average molecular weight is 161 g/mol. The second-order valence-electron chi connectivity index (χ2n) is 2.38. The van der Waals surface area contributed by atoms with Crippen LogP contribution in [0.1, 0.15) is 13.8 Å². The van der Waals surface area contributed by atoms with Gasteiger partial charge >= 0.3 is 0 Å². The van der Waals surface area contributed by atoms with Crippen LogP contribution in [0.2, 0.25) is 6.04 Å². The van der Waals surface area contributed by atoms with Crippen molar-refractivity contribution >= 4 is 18.8 Å². The zero-order valence-electron chi connectivity index (χ0n) is 6.98. The predicted octanol–water partition coefficient (Wildman–Crippen LogP) is -0.804. The minimum absolute atomic E-state index is 0.450. The molecule has 0 heterocycles. The van der Waals surface area contributed by atoms with Crippen LogP contribution in [0.3, 0.4) is 0 Å². The Morgan fingerprint density at radius 3 is 2.22 bits per heavy atom. The van der Waals surface area contributed by atoms with Gasteiger partial charge in [0.2, 0.25) is 0 Å². The maximum atomic E-state index is 2.52. The van der Waals surface area contributed by atoms with E-state index in [4.69, 9.17) is 0 Å². The summed E-state index contributed by atoms with van der Waals surface area (Å²) in [6, 6.07) is 1.55. The van der Waals surface area contributed by atoms with Crippen molar-refractivity contribution in [2.75, 3.05) is 19.6 Å². The molecule has 0 aliphatic rings. The van der Waals surface area contributed by atoms with E-state index in [9.17, 15) is 0 Å². The van der Waals surface area contributed by atoms with Crippen LogP contribution in [0.5, 0.6) is 0 Å². The smallest absolute Gasteiger partial charge is 0.00573 e. The lowest BCUT2D eigenvalue weighted by atomic mass is 10.5. The molecule has 0 aromatic rings. The Balaban J connectivity index is 3.09. The fourth-order valence-electron chi connectivity index (χ4n) is 0.922. The van der Waals surface area contributed by atoms with Crippen LogP contribution in [0.25, 0.3) is 0 Å². The van der Waals surface area contributed by atoms with Gasteiger partial charge in [-0.2, -0.15) is 0 Å². The molecule has 0 bridgehead atoms. The van der Waals surface area contributed by atoms with E-state index in [1.165, 1.54) is 29.4 Å².